The smallest absolute Gasteiger partial charge is 0.285 e. The molecule has 0 bridgehead atoms. The van der Waals surface area contributed by atoms with E-state index >= 15 is 0 Å². The Labute approximate surface area is 169 Å². The summed E-state index contributed by atoms with van der Waals surface area (Å²) in [5.41, 5.74) is 0.690. The molecule has 0 saturated carbocycles. The lowest BCUT2D eigenvalue weighted by Gasteiger charge is -2.36. The number of anilines is 2. The summed E-state index contributed by atoms with van der Waals surface area (Å²) in [7, 11) is -3.59. The molecule has 0 aliphatic carbocycles. The fourth-order valence-electron chi connectivity index (χ4n) is 3.91. The van der Waals surface area contributed by atoms with Crippen molar-refractivity contribution in [2.45, 2.75) is 4.90 Å². The van der Waals surface area contributed by atoms with E-state index in [9.17, 15) is 8.42 Å². The normalized spacial score (nSPS) is 21.1. The third kappa shape index (κ3) is 3.42. The van der Waals surface area contributed by atoms with Crippen LogP contribution in [0.3, 0.4) is 0 Å². The topological polar surface area (TPSA) is 91.2 Å². The van der Waals surface area contributed by atoms with Gasteiger partial charge in [0.1, 0.15) is 4.90 Å². The van der Waals surface area contributed by atoms with Crippen molar-refractivity contribution in [2.75, 3.05) is 62.3 Å². The Kier molecular flexibility index (Phi) is 4.59. The van der Waals surface area contributed by atoms with Crippen LogP contribution in [0, 0.1) is 0 Å². The molecular formula is C19H22N6O3S. The van der Waals surface area contributed by atoms with Crippen molar-refractivity contribution in [2.24, 2.45) is 4.40 Å². The zero-order valence-electron chi connectivity index (χ0n) is 15.9. The van der Waals surface area contributed by atoms with Crippen LogP contribution in [-0.2, 0) is 14.8 Å². The van der Waals surface area contributed by atoms with Gasteiger partial charge in [-0.1, -0.05) is 12.1 Å². The summed E-state index contributed by atoms with van der Waals surface area (Å²) < 4.78 is 34.0. The zero-order valence-corrected chi connectivity index (χ0v) is 16.8. The molecule has 0 unspecified atom stereocenters. The monoisotopic (exact) mass is 414 g/mol. The Morgan fingerprint density at radius 1 is 0.759 bits per heavy atom. The summed E-state index contributed by atoms with van der Waals surface area (Å²) >= 11 is 0. The van der Waals surface area contributed by atoms with E-state index in [0.29, 0.717) is 42.6 Å². The highest BCUT2D eigenvalue weighted by atomic mass is 32.2. The lowest BCUT2D eigenvalue weighted by molar-refractivity contribution is 0.122. The molecule has 152 valence electrons. The first-order valence-corrected chi connectivity index (χ1v) is 11.2. The minimum Gasteiger partial charge on any atom is -0.378 e. The second kappa shape index (κ2) is 7.27. The molecule has 0 spiro atoms. The van der Waals surface area contributed by atoms with Crippen molar-refractivity contribution in [1.82, 2.24) is 15.1 Å². The van der Waals surface area contributed by atoms with Gasteiger partial charge >= 0.3 is 0 Å². The van der Waals surface area contributed by atoms with Crippen LogP contribution in [0.15, 0.2) is 45.7 Å². The summed E-state index contributed by atoms with van der Waals surface area (Å²) in [6.45, 7) is 5.91. The Balaban J connectivity index is 1.26. The van der Waals surface area contributed by atoms with E-state index in [-0.39, 0.29) is 0 Å². The molecular weight excluding hydrogens is 392 g/mol. The van der Waals surface area contributed by atoms with Crippen LogP contribution in [0.1, 0.15) is 5.56 Å². The van der Waals surface area contributed by atoms with Gasteiger partial charge in [0.15, 0.2) is 17.5 Å². The highest BCUT2D eigenvalue weighted by Gasteiger charge is 2.33. The van der Waals surface area contributed by atoms with Crippen LogP contribution < -0.4 is 9.80 Å². The predicted molar refractivity (Wildman–Crippen MR) is 109 cm³/mol. The molecule has 2 saturated heterocycles. The van der Waals surface area contributed by atoms with Crippen LogP contribution in [0.4, 0.5) is 11.6 Å². The van der Waals surface area contributed by atoms with E-state index < -0.39 is 10.0 Å². The maximum Gasteiger partial charge on any atom is 0.285 e. The van der Waals surface area contributed by atoms with Gasteiger partial charge in [-0.25, -0.2) is 0 Å². The number of hydrogen-bond donors (Lipinski definition) is 0. The van der Waals surface area contributed by atoms with Crippen molar-refractivity contribution in [1.29, 1.82) is 0 Å². The highest BCUT2D eigenvalue weighted by Crippen LogP contribution is 2.28. The summed E-state index contributed by atoms with van der Waals surface area (Å²) in [6, 6.07) is 11.0. The number of ether oxygens (including phenoxy) is 1. The molecule has 1 aromatic carbocycles. The second-order valence-electron chi connectivity index (χ2n) is 7.21. The average molecular weight is 414 g/mol. The van der Waals surface area contributed by atoms with Crippen molar-refractivity contribution in [3.8, 4) is 0 Å². The van der Waals surface area contributed by atoms with Gasteiger partial charge in [-0.3, -0.25) is 0 Å². The quantitative estimate of drug-likeness (QED) is 0.705. The largest absolute Gasteiger partial charge is 0.378 e. The van der Waals surface area contributed by atoms with E-state index in [1.165, 1.54) is 0 Å². The number of benzene rings is 1. The second-order valence-corrected chi connectivity index (χ2v) is 8.78. The average Bonchev–Trinajstić information content (AvgIpc) is 3.06. The third-order valence-electron chi connectivity index (χ3n) is 5.49. The maximum atomic E-state index is 12.3. The number of amidine groups is 1. The number of hydrogen-bond acceptors (Lipinski definition) is 8. The van der Waals surface area contributed by atoms with E-state index in [2.05, 4.69) is 24.4 Å². The van der Waals surface area contributed by atoms with Gasteiger partial charge in [0.25, 0.3) is 10.0 Å². The van der Waals surface area contributed by atoms with Gasteiger partial charge < -0.3 is 19.4 Å². The standard InChI is InChI=1S/C19H22N6O3S/c26-29(27)16-4-2-1-3-15(16)19(22-29)25-9-7-23(8-10-25)17-5-6-18(21-20-17)24-11-13-28-14-12-24/h1-6H,7-14H2. The first kappa shape index (κ1) is 18.3. The number of piperazine rings is 1. The molecule has 10 heteroatoms. The Bertz CT molecular complexity index is 1030. The molecule has 0 N–H and O–H groups in total. The van der Waals surface area contributed by atoms with E-state index in [4.69, 9.17) is 4.74 Å². The van der Waals surface area contributed by atoms with Crippen molar-refractivity contribution >= 4 is 27.5 Å². The van der Waals surface area contributed by atoms with Crippen LogP contribution in [0.5, 0.6) is 0 Å². The fraction of sp³-hybridized carbons (Fsp3) is 0.421. The Morgan fingerprint density at radius 2 is 1.34 bits per heavy atom. The van der Waals surface area contributed by atoms with Crippen LogP contribution >= 0.6 is 0 Å². The zero-order chi connectivity index (χ0) is 19.8. The summed E-state index contributed by atoms with van der Waals surface area (Å²) in [4.78, 5) is 6.67. The molecule has 2 aromatic rings. The minimum atomic E-state index is -3.59. The van der Waals surface area contributed by atoms with Crippen molar-refractivity contribution < 1.29 is 13.2 Å². The summed E-state index contributed by atoms with van der Waals surface area (Å²) in [6.07, 6.45) is 0. The van der Waals surface area contributed by atoms with E-state index in [0.717, 1.165) is 37.8 Å². The molecule has 0 amide bonds. The first-order chi connectivity index (χ1) is 14.1. The Morgan fingerprint density at radius 3 is 2.00 bits per heavy atom. The third-order valence-corrected chi connectivity index (χ3v) is 6.81. The number of morpholine rings is 1. The number of aromatic nitrogens is 2. The molecule has 1 aromatic heterocycles. The van der Waals surface area contributed by atoms with E-state index in [1.54, 1.807) is 12.1 Å². The van der Waals surface area contributed by atoms with Crippen molar-refractivity contribution in [3.05, 3.63) is 42.0 Å². The lowest BCUT2D eigenvalue weighted by Crippen LogP contribution is -2.49. The maximum absolute atomic E-state index is 12.3. The first-order valence-electron chi connectivity index (χ1n) is 9.72. The summed E-state index contributed by atoms with van der Waals surface area (Å²) in [5, 5.41) is 8.79. The number of fused-ring (bicyclic) bond motifs is 1. The molecule has 4 heterocycles. The van der Waals surface area contributed by atoms with Crippen molar-refractivity contribution in [3.63, 3.8) is 0 Å². The number of sulfonamides is 1. The number of rotatable bonds is 2. The van der Waals surface area contributed by atoms with Gasteiger partial charge in [0.2, 0.25) is 0 Å². The fourth-order valence-corrected chi connectivity index (χ4v) is 5.14. The molecule has 29 heavy (non-hydrogen) atoms. The highest BCUT2D eigenvalue weighted by molar-refractivity contribution is 7.90. The molecule has 2 fully saturated rings. The van der Waals surface area contributed by atoms with Crippen LogP contribution in [0.25, 0.3) is 0 Å². The van der Waals surface area contributed by atoms with Gasteiger partial charge in [0, 0.05) is 44.8 Å². The molecule has 0 radical (unpaired) electrons. The van der Waals surface area contributed by atoms with Gasteiger partial charge in [-0.05, 0) is 24.3 Å². The lowest BCUT2D eigenvalue weighted by atomic mass is 10.1. The molecule has 5 rings (SSSR count). The van der Waals surface area contributed by atoms with Gasteiger partial charge in [-0.2, -0.15) is 8.42 Å². The minimum absolute atomic E-state index is 0.294. The summed E-state index contributed by atoms with van der Waals surface area (Å²) in [5.74, 6) is 2.26. The SMILES string of the molecule is O=S1(=O)N=C(N2CCN(c3ccc(N4CCOCC4)nn3)CC2)c2ccccc21. The molecule has 3 aliphatic heterocycles. The molecule has 9 nitrogen and oxygen atoms in total. The molecule has 3 aliphatic rings. The van der Waals surface area contributed by atoms with Crippen LogP contribution in [0.2, 0.25) is 0 Å². The predicted octanol–water partition coefficient (Wildman–Crippen LogP) is 0.584. The van der Waals surface area contributed by atoms with Gasteiger partial charge in [-0.15, -0.1) is 14.6 Å². The number of nitrogens with zero attached hydrogens (tertiary/aromatic N) is 6. The Hall–Kier alpha value is -2.72. The molecule has 0 atom stereocenters. The van der Waals surface area contributed by atoms with Gasteiger partial charge in [0.05, 0.1) is 13.2 Å². The van der Waals surface area contributed by atoms with Crippen LogP contribution in [-0.4, -0.2) is 81.8 Å². The van der Waals surface area contributed by atoms with E-state index in [1.807, 2.05) is 29.2 Å².